The first-order valence-corrected chi connectivity index (χ1v) is 8.96. The van der Waals surface area contributed by atoms with Crippen LogP contribution >= 0.6 is 0 Å². The molecule has 0 atom stereocenters. The van der Waals surface area contributed by atoms with E-state index in [1.807, 2.05) is 30.3 Å². The van der Waals surface area contributed by atoms with Crippen LogP contribution in [0.5, 0.6) is 0 Å². The number of pyridine rings is 2. The largest absolute Gasteiger partial charge is 0.471 e. The van der Waals surface area contributed by atoms with Gasteiger partial charge in [-0.05, 0) is 31.2 Å². The van der Waals surface area contributed by atoms with Gasteiger partial charge in [0.15, 0.2) is 0 Å². The highest BCUT2D eigenvalue weighted by Crippen LogP contribution is 2.29. The average molecular weight is 429 g/mol. The average Bonchev–Trinajstić information content (AvgIpc) is 3.24. The molecular formula is C20H14F3N5O3. The highest BCUT2D eigenvalue weighted by Gasteiger charge is 2.38. The number of rotatable bonds is 4. The van der Waals surface area contributed by atoms with Crippen molar-refractivity contribution < 1.29 is 27.2 Å². The number of para-hydroxylation sites is 1. The van der Waals surface area contributed by atoms with Crippen LogP contribution in [-0.2, 0) is 17.5 Å². The molecule has 1 aromatic carbocycles. The first-order valence-electron chi connectivity index (χ1n) is 8.96. The Balaban J connectivity index is 1.40. The lowest BCUT2D eigenvalue weighted by molar-refractivity contribution is -0.159. The molecule has 4 rings (SSSR count). The lowest BCUT2D eigenvalue weighted by Gasteiger charge is -2.10. The van der Waals surface area contributed by atoms with Gasteiger partial charge in [-0.25, -0.2) is 9.78 Å². The minimum atomic E-state index is -4.74. The van der Waals surface area contributed by atoms with E-state index in [1.54, 1.807) is 13.1 Å². The van der Waals surface area contributed by atoms with E-state index < -0.39 is 18.2 Å². The predicted molar refractivity (Wildman–Crippen MR) is 103 cm³/mol. The van der Waals surface area contributed by atoms with Gasteiger partial charge in [-0.2, -0.15) is 18.2 Å². The van der Waals surface area contributed by atoms with E-state index in [4.69, 9.17) is 4.74 Å². The molecule has 0 saturated carbocycles. The first kappa shape index (κ1) is 20.3. The summed E-state index contributed by atoms with van der Waals surface area (Å²) in [4.78, 5) is 23.8. The summed E-state index contributed by atoms with van der Waals surface area (Å²) in [6, 6.07) is 12.3. The zero-order chi connectivity index (χ0) is 22.0. The lowest BCUT2D eigenvalue weighted by Crippen LogP contribution is -2.15. The van der Waals surface area contributed by atoms with E-state index in [0.29, 0.717) is 11.4 Å². The Labute approximate surface area is 173 Å². The number of aromatic nitrogens is 4. The quantitative estimate of drug-likeness (QED) is 0.499. The fourth-order valence-electron chi connectivity index (χ4n) is 2.75. The molecule has 1 amide bonds. The van der Waals surface area contributed by atoms with E-state index in [1.165, 1.54) is 12.1 Å². The van der Waals surface area contributed by atoms with Gasteiger partial charge in [-0.3, -0.25) is 10.3 Å². The zero-order valence-electron chi connectivity index (χ0n) is 16.0. The summed E-state index contributed by atoms with van der Waals surface area (Å²) in [5.41, 5.74) is 2.28. The summed E-state index contributed by atoms with van der Waals surface area (Å²) >= 11 is 0. The van der Waals surface area contributed by atoms with Gasteiger partial charge < -0.3 is 9.26 Å². The van der Waals surface area contributed by atoms with Crippen LogP contribution in [-0.4, -0.2) is 26.2 Å². The van der Waals surface area contributed by atoms with Crippen molar-refractivity contribution in [3.8, 4) is 11.5 Å². The molecule has 0 saturated heterocycles. The van der Waals surface area contributed by atoms with Gasteiger partial charge in [0.2, 0.25) is 5.82 Å². The van der Waals surface area contributed by atoms with Gasteiger partial charge in [0, 0.05) is 17.1 Å². The lowest BCUT2D eigenvalue weighted by atomic mass is 10.2. The summed E-state index contributed by atoms with van der Waals surface area (Å²) in [7, 11) is 0. The molecule has 3 heterocycles. The van der Waals surface area contributed by atoms with Crippen LogP contribution in [0.1, 0.15) is 17.1 Å². The number of amides is 1. The summed E-state index contributed by atoms with van der Waals surface area (Å²) in [6.45, 7) is 1.58. The molecule has 4 aromatic rings. The molecule has 0 radical (unpaired) electrons. The van der Waals surface area contributed by atoms with Crippen molar-refractivity contribution in [1.29, 1.82) is 0 Å². The van der Waals surface area contributed by atoms with E-state index >= 15 is 0 Å². The van der Waals surface area contributed by atoms with Gasteiger partial charge in [0.1, 0.15) is 12.3 Å². The van der Waals surface area contributed by atoms with E-state index in [-0.39, 0.29) is 18.1 Å². The normalized spacial score (nSPS) is 11.5. The Morgan fingerprint density at radius 2 is 1.97 bits per heavy atom. The van der Waals surface area contributed by atoms with Gasteiger partial charge in [-0.1, -0.05) is 23.4 Å². The number of hydrogen-bond donors (Lipinski definition) is 1. The van der Waals surface area contributed by atoms with Crippen molar-refractivity contribution >= 4 is 22.7 Å². The third-order valence-electron chi connectivity index (χ3n) is 4.24. The number of aryl methyl sites for hydroxylation is 1. The Morgan fingerprint density at radius 1 is 1.16 bits per heavy atom. The number of hydrogen-bond acceptors (Lipinski definition) is 7. The molecule has 0 bridgehead atoms. The Kier molecular flexibility index (Phi) is 5.24. The molecule has 31 heavy (non-hydrogen) atoms. The number of ether oxygens (including phenoxy) is 1. The van der Waals surface area contributed by atoms with Crippen molar-refractivity contribution in [3.05, 3.63) is 65.8 Å². The standard InChI is InChI=1S/C20H14F3N5O3/c1-11-14(6-7-16(25-11)17-27-18(31-28-17)20(21,22)23)26-19(29)30-10-12-8-13-4-2-3-5-15(13)24-9-12/h2-9H,10H2,1H3,(H,26,29). The Morgan fingerprint density at radius 3 is 2.71 bits per heavy atom. The first-order chi connectivity index (χ1) is 14.8. The third kappa shape index (κ3) is 4.60. The minimum Gasteiger partial charge on any atom is -0.444 e. The number of anilines is 1. The molecular weight excluding hydrogens is 415 g/mol. The second-order valence-corrected chi connectivity index (χ2v) is 6.49. The molecule has 0 spiro atoms. The van der Waals surface area contributed by atoms with E-state index in [0.717, 1.165) is 16.5 Å². The number of fused-ring (bicyclic) bond motifs is 1. The van der Waals surface area contributed by atoms with Crippen molar-refractivity contribution in [1.82, 2.24) is 20.1 Å². The molecule has 1 N–H and O–H groups in total. The highest BCUT2D eigenvalue weighted by atomic mass is 19.4. The molecule has 0 fully saturated rings. The number of benzene rings is 1. The van der Waals surface area contributed by atoms with Crippen LogP contribution in [0.3, 0.4) is 0 Å². The third-order valence-corrected chi connectivity index (χ3v) is 4.24. The van der Waals surface area contributed by atoms with Crippen molar-refractivity contribution in [2.24, 2.45) is 0 Å². The summed E-state index contributed by atoms with van der Waals surface area (Å²) in [5, 5.41) is 6.75. The van der Waals surface area contributed by atoms with Crippen LogP contribution in [0.4, 0.5) is 23.7 Å². The van der Waals surface area contributed by atoms with Crippen LogP contribution in [0.2, 0.25) is 0 Å². The summed E-state index contributed by atoms with van der Waals surface area (Å²) in [5.74, 6) is -1.77. The Hall–Kier alpha value is -4.02. The maximum Gasteiger partial charge on any atom is 0.471 e. The fraction of sp³-hybridized carbons (Fsp3) is 0.150. The summed E-state index contributed by atoms with van der Waals surface area (Å²) in [6.07, 6.45) is -3.84. The Bertz CT molecular complexity index is 1260. The number of nitrogens with one attached hydrogen (secondary N) is 1. The molecule has 158 valence electrons. The number of nitrogens with zero attached hydrogens (tertiary/aromatic N) is 4. The van der Waals surface area contributed by atoms with Crippen molar-refractivity contribution in [3.63, 3.8) is 0 Å². The molecule has 0 unspecified atom stereocenters. The molecule has 3 aromatic heterocycles. The summed E-state index contributed by atoms with van der Waals surface area (Å²) < 4.78 is 47.2. The van der Waals surface area contributed by atoms with Gasteiger partial charge in [-0.15, -0.1) is 0 Å². The van der Waals surface area contributed by atoms with Crippen LogP contribution in [0.25, 0.3) is 22.4 Å². The molecule has 11 heteroatoms. The molecule has 8 nitrogen and oxygen atoms in total. The minimum absolute atomic E-state index is 0.0112. The number of carbonyl (C=O) groups is 1. The van der Waals surface area contributed by atoms with Crippen LogP contribution in [0, 0.1) is 6.92 Å². The smallest absolute Gasteiger partial charge is 0.444 e. The topological polar surface area (TPSA) is 103 Å². The van der Waals surface area contributed by atoms with E-state index in [2.05, 4.69) is 29.9 Å². The number of halogens is 3. The number of carbonyl (C=O) groups excluding carboxylic acids is 1. The van der Waals surface area contributed by atoms with Gasteiger partial charge in [0.05, 0.1) is 16.9 Å². The van der Waals surface area contributed by atoms with Gasteiger partial charge in [0.25, 0.3) is 0 Å². The maximum atomic E-state index is 12.6. The molecule has 0 aliphatic heterocycles. The van der Waals surface area contributed by atoms with Crippen LogP contribution < -0.4 is 5.32 Å². The predicted octanol–water partition coefficient (Wildman–Crippen LogP) is 4.76. The number of alkyl halides is 3. The monoisotopic (exact) mass is 429 g/mol. The maximum absolute atomic E-state index is 12.6. The second-order valence-electron chi connectivity index (χ2n) is 6.49. The molecule has 0 aliphatic carbocycles. The zero-order valence-corrected chi connectivity index (χ0v) is 16.0. The highest BCUT2D eigenvalue weighted by molar-refractivity contribution is 5.85. The molecule has 0 aliphatic rings. The fourth-order valence-corrected chi connectivity index (χ4v) is 2.75. The second kappa shape index (κ2) is 8.01. The van der Waals surface area contributed by atoms with Crippen molar-refractivity contribution in [2.45, 2.75) is 19.7 Å². The SMILES string of the molecule is Cc1nc(-c2noc(C(F)(F)F)n2)ccc1NC(=O)OCc1cnc2ccccc2c1. The van der Waals surface area contributed by atoms with Gasteiger partial charge >= 0.3 is 18.2 Å². The van der Waals surface area contributed by atoms with E-state index in [9.17, 15) is 18.0 Å². The van der Waals surface area contributed by atoms with Crippen LogP contribution in [0.15, 0.2) is 53.2 Å². The van der Waals surface area contributed by atoms with Crippen molar-refractivity contribution in [2.75, 3.05) is 5.32 Å².